The standard InChI is InChI=1S/C15H28O8S/c1-4-7-8-11(5-2)10-22-13(17)9-12(16)15(18)23-14(6-3)24(19,20)21/h11-12,14,16H,4-10H2,1-3H3,(H,19,20,21). The lowest BCUT2D eigenvalue weighted by Gasteiger charge is -2.17. The third-order valence-electron chi connectivity index (χ3n) is 3.57. The first-order valence-corrected chi connectivity index (χ1v) is 9.66. The third-order valence-corrected chi connectivity index (χ3v) is 4.66. The van der Waals surface area contributed by atoms with Crippen LogP contribution in [-0.2, 0) is 29.2 Å². The van der Waals surface area contributed by atoms with Gasteiger partial charge in [-0.25, -0.2) is 4.79 Å². The van der Waals surface area contributed by atoms with Gasteiger partial charge < -0.3 is 14.6 Å². The number of hydrogen-bond acceptors (Lipinski definition) is 7. The molecule has 142 valence electrons. The molecule has 2 N–H and O–H groups in total. The second kappa shape index (κ2) is 11.4. The Bertz CT molecular complexity index is 488. The highest BCUT2D eigenvalue weighted by atomic mass is 32.2. The van der Waals surface area contributed by atoms with Crippen LogP contribution in [0.15, 0.2) is 0 Å². The lowest BCUT2D eigenvalue weighted by atomic mass is 10.0. The van der Waals surface area contributed by atoms with Gasteiger partial charge in [0.05, 0.1) is 13.0 Å². The van der Waals surface area contributed by atoms with Gasteiger partial charge in [0.2, 0.25) is 5.44 Å². The molecule has 3 unspecified atom stereocenters. The van der Waals surface area contributed by atoms with Gasteiger partial charge in [0, 0.05) is 0 Å². The maximum atomic E-state index is 11.6. The zero-order chi connectivity index (χ0) is 18.8. The SMILES string of the molecule is CCCCC(CC)COC(=O)CC(O)C(=O)OC(CC)S(=O)(=O)O. The number of hydrogen-bond donors (Lipinski definition) is 2. The van der Waals surface area contributed by atoms with Crippen LogP contribution in [0.2, 0.25) is 0 Å². The van der Waals surface area contributed by atoms with Crippen molar-refractivity contribution in [1.29, 1.82) is 0 Å². The van der Waals surface area contributed by atoms with Crippen molar-refractivity contribution >= 4 is 22.1 Å². The first-order chi connectivity index (χ1) is 11.1. The first-order valence-electron chi connectivity index (χ1n) is 8.16. The van der Waals surface area contributed by atoms with Crippen LogP contribution in [0.4, 0.5) is 0 Å². The van der Waals surface area contributed by atoms with Gasteiger partial charge in [0.1, 0.15) is 0 Å². The van der Waals surface area contributed by atoms with E-state index in [-0.39, 0.29) is 18.9 Å². The fraction of sp³-hybridized carbons (Fsp3) is 0.867. The van der Waals surface area contributed by atoms with Crippen LogP contribution in [-0.4, -0.2) is 48.2 Å². The predicted molar refractivity (Wildman–Crippen MR) is 86.6 cm³/mol. The van der Waals surface area contributed by atoms with E-state index in [1.807, 2.05) is 6.92 Å². The van der Waals surface area contributed by atoms with E-state index in [2.05, 4.69) is 11.7 Å². The largest absolute Gasteiger partial charge is 0.465 e. The molecule has 0 aromatic carbocycles. The summed E-state index contributed by atoms with van der Waals surface area (Å²) in [4.78, 5) is 23.2. The van der Waals surface area contributed by atoms with E-state index in [1.54, 1.807) is 0 Å². The normalized spacial score (nSPS) is 15.4. The fourth-order valence-corrected chi connectivity index (χ4v) is 2.61. The topological polar surface area (TPSA) is 127 Å². The quantitative estimate of drug-likeness (QED) is 0.393. The molecular formula is C15H28O8S. The second-order valence-electron chi connectivity index (χ2n) is 5.61. The highest BCUT2D eigenvalue weighted by Crippen LogP contribution is 2.14. The molecule has 0 aliphatic heterocycles. The van der Waals surface area contributed by atoms with E-state index in [4.69, 9.17) is 9.29 Å². The molecule has 0 fully saturated rings. The summed E-state index contributed by atoms with van der Waals surface area (Å²) in [5.41, 5.74) is -1.77. The molecule has 0 heterocycles. The van der Waals surface area contributed by atoms with E-state index in [0.717, 1.165) is 25.7 Å². The molecule has 0 aliphatic carbocycles. The van der Waals surface area contributed by atoms with Gasteiger partial charge in [-0.1, -0.05) is 40.0 Å². The van der Waals surface area contributed by atoms with Crippen LogP contribution < -0.4 is 0 Å². The molecule has 0 saturated heterocycles. The van der Waals surface area contributed by atoms with Crippen LogP contribution in [0.1, 0.15) is 59.3 Å². The number of carbonyl (C=O) groups is 2. The van der Waals surface area contributed by atoms with E-state index in [1.165, 1.54) is 6.92 Å². The first kappa shape index (κ1) is 22.8. The minimum atomic E-state index is -4.58. The summed E-state index contributed by atoms with van der Waals surface area (Å²) in [6.07, 6.45) is 1.19. The average molecular weight is 368 g/mol. The monoisotopic (exact) mass is 368 g/mol. The second-order valence-corrected chi connectivity index (χ2v) is 7.16. The number of rotatable bonds is 12. The van der Waals surface area contributed by atoms with Crippen molar-refractivity contribution in [2.45, 2.75) is 70.8 Å². The van der Waals surface area contributed by atoms with Crippen molar-refractivity contribution in [3.05, 3.63) is 0 Å². The number of esters is 2. The van der Waals surface area contributed by atoms with Gasteiger partial charge >= 0.3 is 22.1 Å². The molecule has 0 rings (SSSR count). The summed E-state index contributed by atoms with van der Waals surface area (Å²) in [5, 5.41) is 9.61. The fourth-order valence-electron chi connectivity index (χ4n) is 1.97. The molecule has 8 nitrogen and oxygen atoms in total. The average Bonchev–Trinajstić information content (AvgIpc) is 2.51. The minimum Gasteiger partial charge on any atom is -0.465 e. The Morgan fingerprint density at radius 3 is 2.21 bits per heavy atom. The van der Waals surface area contributed by atoms with Gasteiger partial charge in [0.25, 0.3) is 0 Å². The molecule has 9 heteroatoms. The molecule has 0 aromatic rings. The number of carbonyl (C=O) groups excluding carboxylic acids is 2. The van der Waals surface area contributed by atoms with Gasteiger partial charge in [0.15, 0.2) is 6.10 Å². The Morgan fingerprint density at radius 1 is 1.12 bits per heavy atom. The van der Waals surface area contributed by atoms with E-state index in [9.17, 15) is 23.1 Å². The van der Waals surface area contributed by atoms with Crippen molar-refractivity contribution in [1.82, 2.24) is 0 Å². The molecule has 0 amide bonds. The van der Waals surface area contributed by atoms with Crippen LogP contribution in [0, 0.1) is 5.92 Å². The Hall–Kier alpha value is -1.19. The number of aliphatic hydroxyl groups excluding tert-OH is 1. The molecular weight excluding hydrogens is 340 g/mol. The maximum absolute atomic E-state index is 11.6. The molecule has 0 radical (unpaired) electrons. The van der Waals surface area contributed by atoms with E-state index in [0.29, 0.717) is 0 Å². The van der Waals surface area contributed by atoms with Crippen LogP contribution >= 0.6 is 0 Å². The zero-order valence-corrected chi connectivity index (χ0v) is 15.3. The molecule has 0 aromatic heterocycles. The minimum absolute atomic E-state index is 0.183. The van der Waals surface area contributed by atoms with Crippen molar-refractivity contribution in [3.8, 4) is 0 Å². The Kier molecular flexibility index (Phi) is 10.8. The van der Waals surface area contributed by atoms with Crippen molar-refractivity contribution in [3.63, 3.8) is 0 Å². The lowest BCUT2D eigenvalue weighted by molar-refractivity contribution is -0.162. The number of unbranched alkanes of at least 4 members (excludes halogenated alkanes) is 1. The van der Waals surface area contributed by atoms with Gasteiger partial charge in [-0.15, -0.1) is 0 Å². The maximum Gasteiger partial charge on any atom is 0.336 e. The van der Waals surface area contributed by atoms with Gasteiger partial charge in [-0.2, -0.15) is 8.42 Å². The summed E-state index contributed by atoms with van der Waals surface area (Å²) in [6, 6.07) is 0. The van der Waals surface area contributed by atoms with Crippen LogP contribution in [0.5, 0.6) is 0 Å². The highest BCUT2D eigenvalue weighted by molar-refractivity contribution is 7.86. The molecule has 0 aliphatic rings. The highest BCUT2D eigenvalue weighted by Gasteiger charge is 2.30. The third kappa shape index (κ3) is 9.19. The van der Waals surface area contributed by atoms with Crippen molar-refractivity contribution in [2.75, 3.05) is 6.61 Å². The number of aliphatic hydroxyl groups is 1. The number of ether oxygens (including phenoxy) is 2. The lowest BCUT2D eigenvalue weighted by Crippen LogP contribution is -2.33. The molecule has 0 saturated carbocycles. The van der Waals surface area contributed by atoms with Gasteiger partial charge in [-0.05, 0) is 18.8 Å². The Labute approximate surface area is 143 Å². The Morgan fingerprint density at radius 2 is 1.75 bits per heavy atom. The summed E-state index contributed by atoms with van der Waals surface area (Å²) in [6.45, 7) is 5.64. The smallest absolute Gasteiger partial charge is 0.336 e. The molecule has 0 spiro atoms. The van der Waals surface area contributed by atoms with Gasteiger partial charge in [-0.3, -0.25) is 9.35 Å². The van der Waals surface area contributed by atoms with Crippen molar-refractivity contribution in [2.24, 2.45) is 5.92 Å². The molecule has 3 atom stereocenters. The van der Waals surface area contributed by atoms with Crippen molar-refractivity contribution < 1.29 is 37.1 Å². The zero-order valence-electron chi connectivity index (χ0n) is 14.4. The van der Waals surface area contributed by atoms with E-state index < -0.39 is 40.0 Å². The molecule has 0 bridgehead atoms. The van der Waals surface area contributed by atoms with Crippen LogP contribution in [0.3, 0.4) is 0 Å². The predicted octanol–water partition coefficient (Wildman–Crippen LogP) is 1.66. The summed E-state index contributed by atoms with van der Waals surface area (Å²) < 4.78 is 40.3. The molecule has 24 heavy (non-hydrogen) atoms. The van der Waals surface area contributed by atoms with E-state index >= 15 is 0 Å². The summed E-state index contributed by atoms with van der Waals surface area (Å²) in [5.74, 6) is -1.84. The summed E-state index contributed by atoms with van der Waals surface area (Å²) in [7, 11) is -4.58. The summed E-state index contributed by atoms with van der Waals surface area (Å²) >= 11 is 0. The Balaban J connectivity index is 4.36. The van der Waals surface area contributed by atoms with Crippen LogP contribution in [0.25, 0.3) is 0 Å².